The fourth-order valence-corrected chi connectivity index (χ4v) is 3.30. The molecule has 3 rings (SSSR count). The molecule has 1 aliphatic rings. The molecule has 1 atom stereocenters. The Hall–Kier alpha value is -3.75. The van der Waals surface area contributed by atoms with Crippen LogP contribution in [0.25, 0.3) is 0 Å². The molecule has 1 fully saturated rings. The minimum Gasteiger partial charge on any atom is -0.493 e. The van der Waals surface area contributed by atoms with Crippen molar-refractivity contribution in [2.45, 2.75) is 25.8 Å². The Morgan fingerprint density at radius 1 is 0.970 bits per heavy atom. The number of hydrogen-bond acceptors (Lipinski definition) is 6. The zero-order chi connectivity index (χ0) is 24.0. The first-order valence-electron chi connectivity index (χ1n) is 10.6. The number of rotatable bonds is 10. The lowest BCUT2D eigenvalue weighted by molar-refractivity contribution is -0.120. The van der Waals surface area contributed by atoms with Crippen LogP contribution >= 0.6 is 0 Å². The van der Waals surface area contributed by atoms with Crippen LogP contribution in [0.1, 0.15) is 41.7 Å². The van der Waals surface area contributed by atoms with E-state index < -0.39 is 5.91 Å². The van der Waals surface area contributed by atoms with Crippen molar-refractivity contribution in [1.29, 1.82) is 0 Å². The van der Waals surface area contributed by atoms with Crippen molar-refractivity contribution in [2.75, 3.05) is 33.2 Å². The van der Waals surface area contributed by atoms with Crippen molar-refractivity contribution in [2.24, 2.45) is 5.92 Å². The molecule has 1 aliphatic carbocycles. The predicted octanol–water partition coefficient (Wildman–Crippen LogP) is 2.67. The molecule has 9 heteroatoms. The molecular formula is C24H29N3O6. The minimum absolute atomic E-state index is 0.0481. The molecule has 0 aliphatic heterocycles. The Morgan fingerprint density at radius 2 is 1.58 bits per heavy atom. The summed E-state index contributed by atoms with van der Waals surface area (Å²) >= 11 is 0. The van der Waals surface area contributed by atoms with Crippen molar-refractivity contribution in [3.63, 3.8) is 0 Å². The molecule has 176 valence electrons. The number of amides is 3. The number of benzene rings is 2. The molecule has 0 heterocycles. The number of carbonyl (C=O) groups is 3. The maximum absolute atomic E-state index is 12.5. The monoisotopic (exact) mass is 455 g/mol. The summed E-state index contributed by atoms with van der Waals surface area (Å²) in [7, 11) is 4.40. The van der Waals surface area contributed by atoms with Crippen LogP contribution in [0, 0.1) is 5.92 Å². The predicted molar refractivity (Wildman–Crippen MR) is 123 cm³/mol. The number of anilines is 1. The Morgan fingerprint density at radius 3 is 2.09 bits per heavy atom. The van der Waals surface area contributed by atoms with Gasteiger partial charge < -0.3 is 30.2 Å². The van der Waals surface area contributed by atoms with Gasteiger partial charge in [-0.2, -0.15) is 0 Å². The summed E-state index contributed by atoms with van der Waals surface area (Å²) in [6.45, 7) is 1.64. The lowest BCUT2D eigenvalue weighted by atomic mass is 10.1. The van der Waals surface area contributed by atoms with E-state index in [2.05, 4.69) is 16.0 Å². The third-order valence-corrected chi connectivity index (χ3v) is 5.34. The second kappa shape index (κ2) is 10.7. The third-order valence-electron chi connectivity index (χ3n) is 5.34. The van der Waals surface area contributed by atoms with E-state index in [0.29, 0.717) is 17.2 Å². The molecule has 0 saturated heterocycles. The fraction of sp³-hybridized carbons (Fsp3) is 0.375. The quantitative estimate of drug-likeness (QED) is 0.507. The van der Waals surface area contributed by atoms with Gasteiger partial charge in [0.1, 0.15) is 0 Å². The average Bonchev–Trinajstić information content (AvgIpc) is 3.67. The van der Waals surface area contributed by atoms with Crippen LogP contribution < -0.4 is 30.2 Å². The molecule has 0 spiro atoms. The topological polar surface area (TPSA) is 115 Å². The molecule has 0 aromatic heterocycles. The van der Waals surface area contributed by atoms with Gasteiger partial charge in [-0.25, -0.2) is 0 Å². The van der Waals surface area contributed by atoms with Gasteiger partial charge in [-0.3, -0.25) is 14.4 Å². The highest BCUT2D eigenvalue weighted by atomic mass is 16.5. The standard InChI is InChI=1S/C24H29N3O6/c1-14(15-7-9-18(10-8-15)27-24(30)16-5-6-16)26-21(28)13-25-23(29)17-11-19(31-2)22(33-4)20(12-17)32-3/h7-12,14,16H,5-6,13H2,1-4H3,(H,25,29)(H,26,28)(H,27,30). The highest BCUT2D eigenvalue weighted by molar-refractivity contribution is 5.97. The molecule has 9 nitrogen and oxygen atoms in total. The highest BCUT2D eigenvalue weighted by Gasteiger charge is 2.29. The summed E-state index contributed by atoms with van der Waals surface area (Å²) < 4.78 is 15.8. The molecule has 3 amide bonds. The van der Waals surface area contributed by atoms with Gasteiger partial charge in [0.25, 0.3) is 5.91 Å². The van der Waals surface area contributed by atoms with Crippen molar-refractivity contribution in [3.05, 3.63) is 47.5 Å². The third kappa shape index (κ3) is 6.15. The minimum atomic E-state index is -0.451. The van der Waals surface area contributed by atoms with Crippen molar-refractivity contribution in [3.8, 4) is 17.2 Å². The fourth-order valence-electron chi connectivity index (χ4n) is 3.30. The molecule has 2 aromatic rings. The molecule has 2 aromatic carbocycles. The lowest BCUT2D eigenvalue weighted by Gasteiger charge is -2.16. The van der Waals surface area contributed by atoms with Crippen LogP contribution in [0.2, 0.25) is 0 Å². The molecule has 0 bridgehead atoms. The summed E-state index contributed by atoms with van der Waals surface area (Å²) in [6, 6.07) is 10.1. The Labute approximate surface area is 192 Å². The summed E-state index contributed by atoms with van der Waals surface area (Å²) in [5.41, 5.74) is 1.88. The van der Waals surface area contributed by atoms with Gasteiger partial charge in [0.15, 0.2) is 11.5 Å². The number of ether oxygens (including phenoxy) is 3. The summed E-state index contributed by atoms with van der Waals surface area (Å²) in [5.74, 6) is 0.460. The van der Waals surface area contributed by atoms with E-state index in [9.17, 15) is 14.4 Å². The summed E-state index contributed by atoms with van der Waals surface area (Å²) in [6.07, 6.45) is 1.89. The zero-order valence-corrected chi connectivity index (χ0v) is 19.2. The van der Waals surface area contributed by atoms with Crippen molar-refractivity contribution < 1.29 is 28.6 Å². The van der Waals surface area contributed by atoms with Gasteiger partial charge in [0, 0.05) is 17.2 Å². The van der Waals surface area contributed by atoms with Crippen LogP contribution in [0.15, 0.2) is 36.4 Å². The van der Waals surface area contributed by atoms with E-state index in [1.54, 1.807) is 0 Å². The van der Waals surface area contributed by atoms with Gasteiger partial charge in [-0.1, -0.05) is 12.1 Å². The van der Waals surface area contributed by atoms with Crippen molar-refractivity contribution in [1.82, 2.24) is 10.6 Å². The first-order valence-corrected chi connectivity index (χ1v) is 10.6. The first-order chi connectivity index (χ1) is 15.9. The Balaban J connectivity index is 1.53. The summed E-state index contributed by atoms with van der Waals surface area (Å²) in [5, 5.41) is 8.32. The van der Waals surface area contributed by atoms with Crippen LogP contribution in [0.5, 0.6) is 17.2 Å². The van der Waals surface area contributed by atoms with E-state index >= 15 is 0 Å². The van der Waals surface area contributed by atoms with E-state index in [1.807, 2.05) is 31.2 Å². The average molecular weight is 456 g/mol. The largest absolute Gasteiger partial charge is 0.493 e. The normalized spacial score (nSPS) is 13.5. The van der Waals surface area contributed by atoms with E-state index in [1.165, 1.54) is 33.5 Å². The van der Waals surface area contributed by atoms with Crippen LogP contribution in [0.4, 0.5) is 5.69 Å². The molecule has 1 saturated carbocycles. The smallest absolute Gasteiger partial charge is 0.251 e. The SMILES string of the molecule is COc1cc(C(=O)NCC(=O)NC(C)c2ccc(NC(=O)C3CC3)cc2)cc(OC)c1OC. The molecular weight excluding hydrogens is 426 g/mol. The van der Waals surface area contributed by atoms with Gasteiger partial charge in [-0.05, 0) is 49.6 Å². The van der Waals surface area contributed by atoms with Crippen LogP contribution in [-0.2, 0) is 9.59 Å². The van der Waals surface area contributed by atoms with Gasteiger partial charge >= 0.3 is 0 Å². The van der Waals surface area contributed by atoms with Gasteiger partial charge in [0.05, 0.1) is 33.9 Å². The number of nitrogens with one attached hydrogen (secondary N) is 3. The summed E-state index contributed by atoms with van der Waals surface area (Å²) in [4.78, 5) is 36.7. The molecule has 1 unspecified atom stereocenters. The van der Waals surface area contributed by atoms with Crippen molar-refractivity contribution >= 4 is 23.4 Å². The highest BCUT2D eigenvalue weighted by Crippen LogP contribution is 2.38. The van der Waals surface area contributed by atoms with Gasteiger partial charge in [-0.15, -0.1) is 0 Å². The van der Waals surface area contributed by atoms with Gasteiger partial charge in [0.2, 0.25) is 17.6 Å². The maximum Gasteiger partial charge on any atom is 0.251 e. The Bertz CT molecular complexity index is 992. The number of methoxy groups -OCH3 is 3. The van der Waals surface area contributed by atoms with E-state index in [0.717, 1.165) is 24.1 Å². The first kappa shape index (κ1) is 23.9. The van der Waals surface area contributed by atoms with Crippen LogP contribution in [-0.4, -0.2) is 45.6 Å². The maximum atomic E-state index is 12.5. The van der Waals surface area contributed by atoms with Crippen LogP contribution in [0.3, 0.4) is 0 Å². The Kier molecular flexibility index (Phi) is 7.76. The molecule has 0 radical (unpaired) electrons. The number of carbonyl (C=O) groups excluding carboxylic acids is 3. The van der Waals surface area contributed by atoms with E-state index in [-0.39, 0.29) is 35.9 Å². The molecule has 33 heavy (non-hydrogen) atoms. The number of hydrogen-bond donors (Lipinski definition) is 3. The molecule has 3 N–H and O–H groups in total. The lowest BCUT2D eigenvalue weighted by Crippen LogP contribution is -2.38. The second-order valence-electron chi connectivity index (χ2n) is 7.77. The second-order valence-corrected chi connectivity index (χ2v) is 7.77. The van der Waals surface area contributed by atoms with E-state index in [4.69, 9.17) is 14.2 Å². The zero-order valence-electron chi connectivity index (χ0n) is 19.2.